The van der Waals surface area contributed by atoms with Crippen molar-refractivity contribution in [3.05, 3.63) is 59.0 Å². The van der Waals surface area contributed by atoms with Crippen molar-refractivity contribution in [1.29, 1.82) is 0 Å². The van der Waals surface area contributed by atoms with Crippen LogP contribution in [0, 0.1) is 17.8 Å². The van der Waals surface area contributed by atoms with Crippen LogP contribution in [0.4, 0.5) is 5.69 Å². The first-order chi connectivity index (χ1) is 16.8. The Hall–Kier alpha value is -2.73. The van der Waals surface area contributed by atoms with E-state index in [4.69, 9.17) is 13.8 Å². The number of aliphatic hydroxyl groups is 1. The number of hydrogen-bond donors (Lipinski definition) is 4. The van der Waals surface area contributed by atoms with Gasteiger partial charge in [-0.05, 0) is 59.5 Å². The predicted octanol–water partition coefficient (Wildman–Crippen LogP) is -0.298. The van der Waals surface area contributed by atoms with Crippen molar-refractivity contribution in [2.45, 2.75) is 25.6 Å². The average Bonchev–Trinajstić information content (AvgIpc) is 3.42. The number of aliphatic hydroxyl groups excluding tert-OH is 1. The Labute approximate surface area is 202 Å². The molecule has 0 radical (unpaired) electrons. The van der Waals surface area contributed by atoms with Crippen LogP contribution in [0.1, 0.15) is 30.5 Å². The molecular weight excluding hydrogens is 456 g/mol. The Bertz CT molecular complexity index is 1180. The number of carbonyl (C=O) groups is 2. The summed E-state index contributed by atoms with van der Waals surface area (Å²) in [5, 5.41) is 39.4. The summed E-state index contributed by atoms with van der Waals surface area (Å²) in [4.78, 5) is 28.3. The summed E-state index contributed by atoms with van der Waals surface area (Å²) >= 11 is 0. The van der Waals surface area contributed by atoms with Gasteiger partial charge < -0.3 is 34.0 Å². The highest BCUT2D eigenvalue weighted by Crippen LogP contribution is 2.52. The summed E-state index contributed by atoms with van der Waals surface area (Å²) in [7, 11) is -1.53. The van der Waals surface area contributed by atoms with Gasteiger partial charge in [-0.1, -0.05) is 12.1 Å². The molecule has 12 heteroatoms. The van der Waals surface area contributed by atoms with E-state index in [9.17, 15) is 29.8 Å². The predicted molar refractivity (Wildman–Crippen MR) is 124 cm³/mol. The second-order valence-corrected chi connectivity index (χ2v) is 9.09. The highest BCUT2D eigenvalue weighted by molar-refractivity contribution is 6.58. The molecule has 4 atom stereocenters. The van der Waals surface area contributed by atoms with Crippen molar-refractivity contribution in [2.75, 3.05) is 18.6 Å². The Morgan fingerprint density at radius 3 is 2.66 bits per heavy atom. The molecule has 0 saturated carbocycles. The largest absolute Gasteiger partial charge is 0.488 e. The number of amides is 2. The number of benzene rings is 1. The van der Waals surface area contributed by atoms with Crippen LogP contribution in [-0.2, 0) is 25.6 Å². The van der Waals surface area contributed by atoms with Gasteiger partial charge in [-0.2, -0.15) is 0 Å². The monoisotopic (exact) mass is 481 g/mol. The van der Waals surface area contributed by atoms with Gasteiger partial charge in [-0.15, -0.1) is 0 Å². The molecule has 2 amide bonds. The van der Waals surface area contributed by atoms with E-state index in [1.807, 2.05) is 0 Å². The van der Waals surface area contributed by atoms with Gasteiger partial charge in [0.05, 0.1) is 24.1 Å². The Morgan fingerprint density at radius 1 is 1.17 bits per heavy atom. The van der Waals surface area contributed by atoms with E-state index < -0.39 is 44.0 Å². The summed E-state index contributed by atoms with van der Waals surface area (Å²) in [5.41, 5.74) is 1.71. The molecule has 1 aromatic heterocycles. The first-order valence-electron chi connectivity index (χ1n) is 11.4. The maximum atomic E-state index is 13.7. The molecule has 10 nitrogen and oxygen atoms in total. The summed E-state index contributed by atoms with van der Waals surface area (Å²) in [6.07, 6.45) is -0.137. The highest BCUT2D eigenvalue weighted by atomic mass is 16.5. The normalized spacial score (nSPS) is 26.3. The van der Waals surface area contributed by atoms with Crippen molar-refractivity contribution in [2.24, 2.45) is 17.8 Å². The fraction of sp³-hybridized carbons (Fsp3) is 0.391. The van der Waals surface area contributed by atoms with Gasteiger partial charge >= 0.3 is 14.2 Å². The van der Waals surface area contributed by atoms with Crippen molar-refractivity contribution >= 4 is 37.2 Å². The van der Waals surface area contributed by atoms with Crippen molar-refractivity contribution in [3.63, 3.8) is 0 Å². The third kappa shape index (κ3) is 4.06. The fourth-order valence-corrected chi connectivity index (χ4v) is 5.63. The topological polar surface area (TPSA) is 150 Å². The molecule has 4 N–H and O–H groups in total. The second-order valence-electron chi connectivity index (χ2n) is 9.09. The summed E-state index contributed by atoms with van der Waals surface area (Å²) < 4.78 is 16.8. The number of anilines is 1. The van der Waals surface area contributed by atoms with Gasteiger partial charge in [0.25, 0.3) is 0 Å². The molecule has 182 valence electrons. The number of methoxy groups -OCH3 is 1. The summed E-state index contributed by atoms with van der Waals surface area (Å²) in [6, 6.07) is 9.30. The standard InChI is InChI=1S/C23H25B2NO9/c1-33-11-12-7-17-20(23(29)26(22(17)28)14-4-2-3-13(8-14)24(30)31)16-9-19(35-25(32)21(12)16)18-6-5-15(10-27)34-18/h2-6,8,16-17,19-20,27,30-32H,7,9-11H2,1H3/t16-,17-,19-,20+/m0/s1. The fourth-order valence-electron chi connectivity index (χ4n) is 5.63. The Kier molecular flexibility index (Phi) is 6.43. The lowest BCUT2D eigenvalue weighted by Crippen LogP contribution is -2.45. The smallest absolute Gasteiger partial charge is 0.461 e. The summed E-state index contributed by atoms with van der Waals surface area (Å²) in [6.45, 7) is -0.0979. The molecule has 2 aromatic rings. The van der Waals surface area contributed by atoms with Crippen molar-refractivity contribution in [3.8, 4) is 0 Å². The molecular formula is C23H25B2NO9. The zero-order chi connectivity index (χ0) is 24.9. The van der Waals surface area contributed by atoms with Gasteiger partial charge in [0.2, 0.25) is 11.8 Å². The van der Waals surface area contributed by atoms with E-state index in [1.54, 1.807) is 24.3 Å². The number of hydrogen-bond acceptors (Lipinski definition) is 9. The number of imide groups is 1. The van der Waals surface area contributed by atoms with E-state index >= 15 is 0 Å². The van der Waals surface area contributed by atoms with Crippen LogP contribution in [0.25, 0.3) is 0 Å². The Balaban J connectivity index is 1.53. The van der Waals surface area contributed by atoms with Crippen LogP contribution >= 0.6 is 0 Å². The van der Waals surface area contributed by atoms with Gasteiger partial charge in [-0.25, -0.2) is 0 Å². The molecule has 2 saturated heterocycles. The average molecular weight is 481 g/mol. The van der Waals surface area contributed by atoms with E-state index in [-0.39, 0.29) is 36.7 Å². The minimum Gasteiger partial charge on any atom is -0.461 e. The van der Waals surface area contributed by atoms with E-state index in [2.05, 4.69) is 0 Å². The van der Waals surface area contributed by atoms with E-state index in [0.29, 0.717) is 23.4 Å². The molecule has 0 bridgehead atoms. The van der Waals surface area contributed by atoms with Crippen LogP contribution in [-0.4, -0.2) is 59.9 Å². The molecule has 2 fully saturated rings. The van der Waals surface area contributed by atoms with Crippen LogP contribution in [0.2, 0.25) is 0 Å². The SMILES string of the molecule is COCC1=C2B(O)O[C@H](c3ccc(CO)o3)C[C@H]2[C@H]2C(=O)N(c3cccc(B(O)O)c3)C(=O)[C@H]2C1. The highest BCUT2D eigenvalue weighted by Gasteiger charge is 2.58. The number of rotatable bonds is 6. The first-order valence-corrected chi connectivity index (χ1v) is 11.4. The van der Waals surface area contributed by atoms with Crippen molar-refractivity contribution in [1.82, 2.24) is 0 Å². The lowest BCUT2D eigenvalue weighted by molar-refractivity contribution is -0.123. The number of allylic oxidation sites excluding steroid dienone is 1. The second kappa shape index (κ2) is 9.38. The van der Waals surface area contributed by atoms with Crippen LogP contribution in [0.3, 0.4) is 0 Å². The van der Waals surface area contributed by atoms with Crippen LogP contribution in [0.15, 0.2) is 51.9 Å². The zero-order valence-electron chi connectivity index (χ0n) is 19.0. The quantitative estimate of drug-likeness (QED) is 0.322. The number of ether oxygens (including phenoxy) is 1. The molecule has 1 aliphatic carbocycles. The third-order valence-corrected chi connectivity index (χ3v) is 7.11. The molecule has 0 spiro atoms. The minimum absolute atomic E-state index is 0.163. The number of furan rings is 1. The lowest BCUT2D eigenvalue weighted by atomic mass is 9.55. The number of fused-ring (bicyclic) bond motifs is 3. The molecule has 3 aliphatic rings. The van der Waals surface area contributed by atoms with E-state index in [1.165, 1.54) is 19.2 Å². The van der Waals surface area contributed by atoms with Crippen LogP contribution < -0.4 is 10.4 Å². The van der Waals surface area contributed by atoms with Gasteiger partial charge in [-0.3, -0.25) is 14.5 Å². The van der Waals surface area contributed by atoms with Crippen LogP contribution in [0.5, 0.6) is 0 Å². The molecule has 5 rings (SSSR count). The lowest BCUT2D eigenvalue weighted by Gasteiger charge is -2.41. The van der Waals surface area contributed by atoms with E-state index in [0.717, 1.165) is 10.5 Å². The van der Waals surface area contributed by atoms with Crippen molar-refractivity contribution < 1.29 is 43.6 Å². The van der Waals surface area contributed by atoms with Gasteiger partial charge in [0.1, 0.15) is 24.2 Å². The molecule has 35 heavy (non-hydrogen) atoms. The minimum atomic E-state index is -1.74. The first kappa shape index (κ1) is 24.0. The molecule has 1 aromatic carbocycles. The zero-order valence-corrected chi connectivity index (χ0v) is 19.0. The maximum Gasteiger partial charge on any atom is 0.488 e. The molecule has 2 aliphatic heterocycles. The molecule has 0 unspecified atom stereocenters. The Morgan fingerprint density at radius 2 is 1.97 bits per heavy atom. The number of nitrogens with zero attached hydrogens (tertiary/aromatic N) is 1. The number of carbonyl (C=O) groups excluding carboxylic acids is 2. The van der Waals surface area contributed by atoms with Gasteiger partial charge in [0.15, 0.2) is 0 Å². The molecule has 3 heterocycles. The summed E-state index contributed by atoms with van der Waals surface area (Å²) in [5.74, 6) is -1.90. The third-order valence-electron chi connectivity index (χ3n) is 7.11. The van der Waals surface area contributed by atoms with Gasteiger partial charge in [0, 0.05) is 7.11 Å². The maximum absolute atomic E-state index is 13.7.